The van der Waals surface area contributed by atoms with E-state index in [4.69, 9.17) is 4.74 Å². The van der Waals surface area contributed by atoms with E-state index in [-0.39, 0.29) is 36.2 Å². The molecule has 180 valence electrons. The van der Waals surface area contributed by atoms with Crippen molar-refractivity contribution < 1.29 is 32.7 Å². The summed E-state index contributed by atoms with van der Waals surface area (Å²) in [5.41, 5.74) is -0.201. The molecule has 9 nitrogen and oxygen atoms in total. The second-order valence-electron chi connectivity index (χ2n) is 7.86. The molecule has 33 heavy (non-hydrogen) atoms. The van der Waals surface area contributed by atoms with Gasteiger partial charge in [-0.05, 0) is 37.7 Å². The van der Waals surface area contributed by atoms with Crippen LogP contribution in [0.5, 0.6) is 0 Å². The number of hydrogen-bond acceptors (Lipinski definition) is 6. The van der Waals surface area contributed by atoms with Gasteiger partial charge in [0.25, 0.3) is 0 Å². The second-order valence-corrected chi connectivity index (χ2v) is 8.73. The Bertz CT molecular complexity index is 934. The Hall–Kier alpha value is -2.89. The number of methoxy groups -OCH3 is 1. The van der Waals surface area contributed by atoms with Crippen LogP contribution in [0.3, 0.4) is 0 Å². The summed E-state index contributed by atoms with van der Waals surface area (Å²) in [6, 6.07) is -0.105. The highest BCUT2D eigenvalue weighted by molar-refractivity contribution is 7.99. The number of likely N-dealkylation sites (tertiary alicyclic amines) is 2. The lowest BCUT2D eigenvalue weighted by molar-refractivity contribution is -0.153. The van der Waals surface area contributed by atoms with Crippen molar-refractivity contribution in [2.24, 2.45) is 0 Å². The van der Waals surface area contributed by atoms with E-state index >= 15 is 0 Å². The normalized spacial score (nSPS) is 22.2. The molecular formula is C21H26F2N4O5S. The smallest absolute Gasteiger partial charge is 0.328 e. The molecule has 0 spiro atoms. The van der Waals surface area contributed by atoms with Gasteiger partial charge in [0.2, 0.25) is 11.8 Å². The van der Waals surface area contributed by atoms with E-state index in [0.717, 1.165) is 12.1 Å². The number of ether oxygens (including phenoxy) is 1. The number of thioether (sulfide) groups is 1. The zero-order valence-electron chi connectivity index (χ0n) is 18.3. The lowest BCUT2D eigenvalue weighted by Crippen LogP contribution is -2.51. The molecule has 3 rings (SSSR count). The topological polar surface area (TPSA) is 108 Å². The first kappa shape index (κ1) is 24.7. The summed E-state index contributed by atoms with van der Waals surface area (Å²) >= 11 is 1.31. The van der Waals surface area contributed by atoms with Crippen LogP contribution in [0, 0.1) is 11.6 Å². The highest BCUT2D eigenvalue weighted by Gasteiger charge is 2.45. The standard InChI is InChI=1S/C21H26F2N4O5S/c1-32-20(30)16-4-3-7-26(16)19(29)17-9-13(10-27(17)18(28)11-33-2)24-21(31)25-15-6-5-12(22)8-14(15)23/h5-6,8,13,16-17H,3-4,7,9-11H2,1-2H3,(H2,24,25,31). The number of amides is 4. The number of hydrogen-bond donors (Lipinski definition) is 2. The van der Waals surface area contributed by atoms with E-state index < -0.39 is 41.8 Å². The molecule has 1 aromatic carbocycles. The van der Waals surface area contributed by atoms with Crippen LogP contribution in [0.2, 0.25) is 0 Å². The van der Waals surface area contributed by atoms with Crippen LogP contribution in [0.4, 0.5) is 19.3 Å². The zero-order chi connectivity index (χ0) is 24.1. The summed E-state index contributed by atoms with van der Waals surface area (Å²) in [7, 11) is 1.26. The number of nitrogens with one attached hydrogen (secondary N) is 2. The zero-order valence-corrected chi connectivity index (χ0v) is 19.1. The first-order valence-corrected chi connectivity index (χ1v) is 11.8. The monoisotopic (exact) mass is 484 g/mol. The van der Waals surface area contributed by atoms with Crippen molar-refractivity contribution in [3.63, 3.8) is 0 Å². The fourth-order valence-corrected chi connectivity index (χ4v) is 4.61. The van der Waals surface area contributed by atoms with Gasteiger partial charge in [0, 0.05) is 19.2 Å². The van der Waals surface area contributed by atoms with Gasteiger partial charge < -0.3 is 25.2 Å². The highest BCUT2D eigenvalue weighted by Crippen LogP contribution is 2.26. The Morgan fingerprint density at radius 1 is 1.18 bits per heavy atom. The van der Waals surface area contributed by atoms with Crippen molar-refractivity contribution in [2.45, 2.75) is 37.4 Å². The molecule has 0 saturated carbocycles. The average Bonchev–Trinajstić information content (AvgIpc) is 3.42. The second kappa shape index (κ2) is 10.8. The van der Waals surface area contributed by atoms with Gasteiger partial charge in [-0.15, -0.1) is 0 Å². The number of carbonyl (C=O) groups is 4. The summed E-state index contributed by atoms with van der Waals surface area (Å²) in [6.07, 6.45) is 3.03. The molecule has 2 aliphatic heterocycles. The summed E-state index contributed by atoms with van der Waals surface area (Å²) in [5, 5.41) is 4.95. The minimum Gasteiger partial charge on any atom is -0.467 e. The number of rotatable bonds is 6. The van der Waals surface area contributed by atoms with Gasteiger partial charge >= 0.3 is 12.0 Å². The van der Waals surface area contributed by atoms with Crippen LogP contribution in [0.1, 0.15) is 19.3 Å². The number of halogens is 2. The molecule has 3 unspecified atom stereocenters. The summed E-state index contributed by atoms with van der Waals surface area (Å²) in [6.45, 7) is 0.466. The minimum absolute atomic E-state index is 0.0891. The number of anilines is 1. The van der Waals surface area contributed by atoms with E-state index in [0.29, 0.717) is 25.5 Å². The molecule has 2 N–H and O–H groups in total. The number of carbonyl (C=O) groups excluding carboxylic acids is 4. The van der Waals surface area contributed by atoms with Crippen LogP contribution >= 0.6 is 11.8 Å². The number of urea groups is 1. The molecule has 0 aliphatic carbocycles. The van der Waals surface area contributed by atoms with Gasteiger partial charge in [-0.3, -0.25) is 9.59 Å². The van der Waals surface area contributed by atoms with Gasteiger partial charge in [0.1, 0.15) is 23.7 Å². The predicted octanol–water partition coefficient (Wildman–Crippen LogP) is 1.58. The average molecular weight is 485 g/mol. The summed E-state index contributed by atoms with van der Waals surface area (Å²) in [5.74, 6) is -2.67. The van der Waals surface area contributed by atoms with Gasteiger partial charge in [-0.1, -0.05) is 0 Å². The van der Waals surface area contributed by atoms with Crippen molar-refractivity contribution in [1.29, 1.82) is 0 Å². The Morgan fingerprint density at radius 2 is 1.94 bits per heavy atom. The lowest BCUT2D eigenvalue weighted by atomic mass is 10.1. The molecular weight excluding hydrogens is 458 g/mol. The Balaban J connectivity index is 1.71. The maximum Gasteiger partial charge on any atom is 0.328 e. The molecule has 2 aliphatic rings. The Morgan fingerprint density at radius 3 is 2.61 bits per heavy atom. The third kappa shape index (κ3) is 5.73. The molecule has 12 heteroatoms. The Labute approximate surface area is 194 Å². The van der Waals surface area contributed by atoms with Crippen LogP contribution < -0.4 is 10.6 Å². The van der Waals surface area contributed by atoms with Crippen molar-refractivity contribution in [3.05, 3.63) is 29.8 Å². The molecule has 1 aromatic rings. The largest absolute Gasteiger partial charge is 0.467 e. The third-order valence-corrected chi connectivity index (χ3v) is 6.23. The number of esters is 1. The highest BCUT2D eigenvalue weighted by atomic mass is 32.2. The van der Waals surface area contributed by atoms with Gasteiger partial charge in [0.15, 0.2) is 0 Å². The van der Waals surface area contributed by atoms with Gasteiger partial charge in [-0.2, -0.15) is 11.8 Å². The van der Waals surface area contributed by atoms with Crippen LogP contribution in [-0.4, -0.2) is 83.9 Å². The van der Waals surface area contributed by atoms with E-state index in [2.05, 4.69) is 10.6 Å². The number of nitrogens with zero attached hydrogens (tertiary/aromatic N) is 2. The first-order valence-electron chi connectivity index (χ1n) is 10.4. The van der Waals surface area contributed by atoms with E-state index in [1.165, 1.54) is 28.7 Å². The maximum atomic E-state index is 13.8. The summed E-state index contributed by atoms with van der Waals surface area (Å²) in [4.78, 5) is 53.3. The van der Waals surface area contributed by atoms with Crippen molar-refractivity contribution in [2.75, 3.05) is 37.5 Å². The molecule has 4 amide bonds. The van der Waals surface area contributed by atoms with E-state index in [1.54, 1.807) is 6.26 Å². The van der Waals surface area contributed by atoms with Gasteiger partial charge in [-0.25, -0.2) is 18.4 Å². The van der Waals surface area contributed by atoms with Crippen LogP contribution in [-0.2, 0) is 19.1 Å². The molecule has 3 atom stereocenters. The molecule has 2 fully saturated rings. The Kier molecular flexibility index (Phi) is 8.11. The van der Waals surface area contributed by atoms with Crippen LogP contribution in [0.15, 0.2) is 18.2 Å². The fraction of sp³-hybridized carbons (Fsp3) is 0.524. The SMILES string of the molecule is COC(=O)C1CCCN1C(=O)C1CC(NC(=O)Nc2ccc(F)cc2F)CN1C(=O)CSC. The van der Waals surface area contributed by atoms with Crippen molar-refractivity contribution in [1.82, 2.24) is 15.1 Å². The number of benzene rings is 1. The predicted molar refractivity (Wildman–Crippen MR) is 118 cm³/mol. The first-order chi connectivity index (χ1) is 15.7. The fourth-order valence-electron chi connectivity index (χ4n) is 4.19. The quantitative estimate of drug-likeness (QED) is 0.594. The summed E-state index contributed by atoms with van der Waals surface area (Å²) < 4.78 is 31.7. The minimum atomic E-state index is -0.927. The molecule has 0 radical (unpaired) electrons. The third-order valence-electron chi connectivity index (χ3n) is 5.70. The van der Waals surface area contributed by atoms with Crippen LogP contribution in [0.25, 0.3) is 0 Å². The van der Waals surface area contributed by atoms with Crippen molar-refractivity contribution in [3.8, 4) is 0 Å². The van der Waals surface area contributed by atoms with E-state index in [1.807, 2.05) is 0 Å². The molecule has 2 heterocycles. The van der Waals surface area contributed by atoms with E-state index in [9.17, 15) is 28.0 Å². The molecule has 0 bridgehead atoms. The van der Waals surface area contributed by atoms with Crippen molar-refractivity contribution >= 4 is 41.3 Å². The van der Waals surface area contributed by atoms with Gasteiger partial charge in [0.05, 0.1) is 24.6 Å². The maximum absolute atomic E-state index is 13.8. The molecule has 2 saturated heterocycles. The lowest BCUT2D eigenvalue weighted by Gasteiger charge is -2.30. The molecule has 0 aromatic heterocycles.